The van der Waals surface area contributed by atoms with Crippen LogP contribution in [0.1, 0.15) is 158 Å². The molecule has 12 aromatic rings. The number of furan rings is 1. The lowest BCUT2D eigenvalue weighted by molar-refractivity contribution is 0.589. The van der Waals surface area contributed by atoms with Crippen LogP contribution in [0.15, 0.2) is 235 Å². The lowest BCUT2D eigenvalue weighted by Gasteiger charge is -2.36. The van der Waals surface area contributed by atoms with Crippen molar-refractivity contribution in [2.75, 3.05) is 9.80 Å². The molecule has 0 bridgehead atoms. The van der Waals surface area contributed by atoms with Crippen molar-refractivity contribution < 1.29 is 4.42 Å². The third kappa shape index (κ3) is 13.8. The molecule has 0 aliphatic carbocycles. The van der Waals surface area contributed by atoms with Gasteiger partial charge in [-0.1, -0.05) is 281 Å². The maximum Gasteiger partial charge on any atom is 0.135 e. The van der Waals surface area contributed by atoms with Crippen molar-refractivity contribution in [3.8, 4) is 55.6 Å². The summed E-state index contributed by atoms with van der Waals surface area (Å²) in [4.78, 5) is 4.99. The molecule has 0 fully saturated rings. The van der Waals surface area contributed by atoms with Gasteiger partial charge in [0.15, 0.2) is 0 Å². The van der Waals surface area contributed by atoms with Crippen LogP contribution in [0.5, 0.6) is 0 Å². The molecule has 1 aromatic heterocycles. The van der Waals surface area contributed by atoms with E-state index < -0.39 is 0 Å². The molecule has 0 aliphatic rings. The summed E-state index contributed by atoms with van der Waals surface area (Å²) in [7, 11) is 0. The van der Waals surface area contributed by atoms with Crippen molar-refractivity contribution in [2.45, 2.75) is 157 Å². The summed E-state index contributed by atoms with van der Waals surface area (Å²) in [5.41, 5.74) is 24.8. The molecule has 0 N–H and O–H groups in total. The molecule has 1 heterocycles. The van der Waals surface area contributed by atoms with E-state index in [0.717, 1.165) is 112 Å². The number of rotatable bonds is 11. The molecular formula is C90H92Cl2N2O. The minimum atomic E-state index is -0.233. The van der Waals surface area contributed by atoms with Crippen molar-refractivity contribution in [2.24, 2.45) is 0 Å². The Hall–Kier alpha value is -8.60. The predicted octanol–water partition coefficient (Wildman–Crippen LogP) is 28.0. The normalized spacial score (nSPS) is 12.6. The van der Waals surface area contributed by atoms with Gasteiger partial charge < -0.3 is 14.2 Å². The Labute approximate surface area is 576 Å². The number of para-hydroxylation sites is 1. The summed E-state index contributed by atoms with van der Waals surface area (Å²) >= 11 is 14.8. The minimum Gasteiger partial charge on any atom is -0.456 e. The van der Waals surface area contributed by atoms with Gasteiger partial charge in [0.05, 0.1) is 11.4 Å². The molecule has 0 unspecified atom stereocenters. The van der Waals surface area contributed by atoms with Gasteiger partial charge in [-0.15, -0.1) is 0 Å². The lowest BCUT2D eigenvalue weighted by Crippen LogP contribution is -2.19. The minimum absolute atomic E-state index is 0.131. The molecule has 5 heteroatoms. The zero-order valence-electron chi connectivity index (χ0n) is 59.0. The number of hydrogen-bond donors (Lipinski definition) is 0. The quantitative estimate of drug-likeness (QED) is 0.129. The van der Waals surface area contributed by atoms with Gasteiger partial charge in [-0.05, 0) is 196 Å². The topological polar surface area (TPSA) is 19.6 Å². The second-order valence-electron chi connectivity index (χ2n) is 32.3. The molecule has 0 atom stereocenters. The molecule has 0 amide bonds. The fourth-order valence-electron chi connectivity index (χ4n) is 13.1. The number of anilines is 6. The second kappa shape index (κ2) is 24.9. The maximum absolute atomic E-state index is 7.40. The van der Waals surface area contributed by atoms with E-state index in [-0.39, 0.29) is 32.5 Å². The summed E-state index contributed by atoms with van der Waals surface area (Å²) in [6, 6.07) is 85.7. The molecule has 0 radical (unpaired) electrons. The van der Waals surface area contributed by atoms with Crippen molar-refractivity contribution >= 4 is 79.3 Å². The Morgan fingerprint density at radius 2 is 0.579 bits per heavy atom. The zero-order chi connectivity index (χ0) is 67.9. The fourth-order valence-corrected chi connectivity index (χ4v) is 13.4. The molecule has 12 rings (SSSR count). The third-order valence-electron chi connectivity index (χ3n) is 18.8. The lowest BCUT2D eigenvalue weighted by atomic mass is 9.79. The van der Waals surface area contributed by atoms with Crippen LogP contribution < -0.4 is 9.80 Å². The van der Waals surface area contributed by atoms with E-state index in [2.05, 4.69) is 347 Å². The number of benzene rings is 11. The molecule has 0 spiro atoms. The SMILES string of the molecule is CC(C)(C)c1cccc(-c2cc(C(C)(C)C)cc(-c3cccc(C(C)(C)C)c3)c2N(c2cccc(Cl)c2)c2cc(-c3ccc4oc5ccccc5c4c3)cc(N(c3cccc(Cl)c3)c3c(-c4cccc(C(C)(C)C)c4)cc(C(C)(C)C)cc3-c3cccc(C(C)(C)C)c3)c2)c1. The van der Waals surface area contributed by atoms with E-state index in [1.54, 1.807) is 0 Å². The summed E-state index contributed by atoms with van der Waals surface area (Å²) < 4.78 is 6.58. The highest BCUT2D eigenvalue weighted by atomic mass is 35.5. The summed E-state index contributed by atoms with van der Waals surface area (Å²) in [5.74, 6) is 0. The highest BCUT2D eigenvalue weighted by molar-refractivity contribution is 6.31. The van der Waals surface area contributed by atoms with E-state index in [9.17, 15) is 0 Å². The first kappa shape index (κ1) is 66.4. The number of hydrogen-bond acceptors (Lipinski definition) is 3. The first-order valence-electron chi connectivity index (χ1n) is 33.7. The molecule has 482 valence electrons. The van der Waals surface area contributed by atoms with Crippen LogP contribution in [0.25, 0.3) is 77.6 Å². The predicted molar refractivity (Wildman–Crippen MR) is 412 cm³/mol. The van der Waals surface area contributed by atoms with Gasteiger partial charge in [-0.25, -0.2) is 0 Å². The largest absolute Gasteiger partial charge is 0.456 e. The molecule has 95 heavy (non-hydrogen) atoms. The average Bonchev–Trinajstić information content (AvgIpc) is 1.19. The molecule has 3 nitrogen and oxygen atoms in total. The zero-order valence-corrected chi connectivity index (χ0v) is 60.5. The standard InChI is InChI=1S/C90H92Cl2N2O/c1-85(2,3)63-31-21-27-58(43-63)76-50-67(89(13,14)15)51-77(59-28-22-32-64(44-59)86(4,5)6)83(76)93(71-37-25-35-69(91)54-71)73-47-62(57-41-42-82-80(49-57)75-39-19-20-40-81(75)95-82)48-74(56-73)94(72-38-26-36-70(92)55-72)84-78(60-29-23-33-65(45-60)87(7,8)9)52-68(90(16,17)18)53-79(84)61-30-24-34-66(46-61)88(10,11)12/h19-56H,1-18H3. The molecule has 0 saturated carbocycles. The van der Waals surface area contributed by atoms with Gasteiger partial charge in [-0.3, -0.25) is 0 Å². The first-order valence-corrected chi connectivity index (χ1v) is 34.4. The summed E-state index contributed by atoms with van der Waals surface area (Å²) in [5, 5.41) is 3.36. The van der Waals surface area contributed by atoms with E-state index >= 15 is 0 Å². The maximum atomic E-state index is 7.40. The summed E-state index contributed by atoms with van der Waals surface area (Å²) in [6.45, 7) is 41.6. The van der Waals surface area contributed by atoms with E-state index in [1.165, 1.54) is 33.4 Å². The van der Waals surface area contributed by atoms with Crippen LogP contribution in [-0.4, -0.2) is 0 Å². The van der Waals surface area contributed by atoms with Crippen LogP contribution in [0.2, 0.25) is 10.0 Å². The highest BCUT2D eigenvalue weighted by Gasteiger charge is 2.32. The number of nitrogens with zero attached hydrogens (tertiary/aromatic N) is 2. The Kier molecular flexibility index (Phi) is 17.4. The fraction of sp³-hybridized carbons (Fsp3) is 0.267. The molecule has 0 saturated heterocycles. The van der Waals surface area contributed by atoms with Gasteiger partial charge in [0.1, 0.15) is 11.2 Å². The second-order valence-corrected chi connectivity index (χ2v) is 33.2. The van der Waals surface area contributed by atoms with Gasteiger partial charge in [0.25, 0.3) is 0 Å². The van der Waals surface area contributed by atoms with Crippen molar-refractivity contribution in [3.05, 3.63) is 274 Å². The van der Waals surface area contributed by atoms with Gasteiger partial charge in [-0.2, -0.15) is 0 Å². The average molecular weight is 1290 g/mol. The molecular weight excluding hydrogens is 1200 g/mol. The van der Waals surface area contributed by atoms with E-state index in [1.807, 2.05) is 18.2 Å². The van der Waals surface area contributed by atoms with Crippen LogP contribution in [-0.2, 0) is 32.5 Å². The van der Waals surface area contributed by atoms with E-state index in [4.69, 9.17) is 27.6 Å². The van der Waals surface area contributed by atoms with Gasteiger partial charge in [0.2, 0.25) is 0 Å². The van der Waals surface area contributed by atoms with E-state index in [0.29, 0.717) is 10.0 Å². The van der Waals surface area contributed by atoms with Crippen LogP contribution >= 0.6 is 23.2 Å². The Bertz CT molecular complexity index is 4470. The monoisotopic (exact) mass is 1290 g/mol. The Balaban J connectivity index is 1.30. The van der Waals surface area contributed by atoms with Crippen LogP contribution in [0.3, 0.4) is 0 Å². The van der Waals surface area contributed by atoms with Gasteiger partial charge in [0, 0.05) is 65.8 Å². The smallest absolute Gasteiger partial charge is 0.135 e. The van der Waals surface area contributed by atoms with Crippen molar-refractivity contribution in [1.29, 1.82) is 0 Å². The van der Waals surface area contributed by atoms with Crippen molar-refractivity contribution in [1.82, 2.24) is 0 Å². The van der Waals surface area contributed by atoms with Crippen LogP contribution in [0, 0.1) is 0 Å². The third-order valence-corrected chi connectivity index (χ3v) is 19.3. The van der Waals surface area contributed by atoms with Gasteiger partial charge >= 0.3 is 0 Å². The molecule has 0 aliphatic heterocycles. The Morgan fingerprint density at radius 3 is 0.926 bits per heavy atom. The van der Waals surface area contributed by atoms with Crippen LogP contribution in [0.4, 0.5) is 34.1 Å². The summed E-state index contributed by atoms with van der Waals surface area (Å²) in [6.07, 6.45) is 0. The first-order chi connectivity index (χ1) is 44.7. The van der Waals surface area contributed by atoms with Crippen molar-refractivity contribution in [3.63, 3.8) is 0 Å². The number of fused-ring (bicyclic) bond motifs is 3. The Morgan fingerprint density at radius 1 is 0.242 bits per heavy atom. The molecule has 11 aromatic carbocycles. The highest BCUT2D eigenvalue weighted by Crippen LogP contribution is 2.55. The number of halogens is 2.